The fourth-order valence-corrected chi connectivity index (χ4v) is 2.22. The average molecular weight is 307 g/mol. The van der Waals surface area contributed by atoms with Crippen molar-refractivity contribution in [1.82, 2.24) is 0 Å². The van der Waals surface area contributed by atoms with Crippen LogP contribution in [-0.4, -0.2) is 5.84 Å². The molecule has 0 aromatic heterocycles. The lowest BCUT2D eigenvalue weighted by atomic mass is 10.1. The minimum absolute atomic E-state index is 0.171. The molecule has 0 heterocycles. The Kier molecular flexibility index (Phi) is 4.81. The lowest BCUT2D eigenvalue weighted by Crippen LogP contribution is -2.12. The Morgan fingerprint density at radius 1 is 1.29 bits per heavy atom. The monoisotopic (exact) mass is 306 g/mol. The molecule has 0 amide bonds. The second kappa shape index (κ2) is 6.59. The van der Waals surface area contributed by atoms with Gasteiger partial charge in [-0.2, -0.15) is 0 Å². The molecule has 3 N–H and O–H groups in total. The van der Waals surface area contributed by atoms with E-state index in [-0.39, 0.29) is 12.4 Å². The van der Waals surface area contributed by atoms with Gasteiger partial charge in [-0.3, -0.25) is 5.41 Å². The molecule has 0 fully saturated rings. The number of hydrogen-bond acceptors (Lipinski definition) is 2. The van der Waals surface area contributed by atoms with Crippen molar-refractivity contribution in [3.63, 3.8) is 0 Å². The van der Waals surface area contributed by atoms with E-state index in [1.165, 1.54) is 12.1 Å². The van der Waals surface area contributed by atoms with Crippen molar-refractivity contribution in [3.05, 3.63) is 63.9 Å². The zero-order valence-corrected chi connectivity index (χ0v) is 12.4. The van der Waals surface area contributed by atoms with Crippen LogP contribution in [0.5, 0.6) is 5.75 Å². The predicted octanol–water partition coefficient (Wildman–Crippen LogP) is 3.90. The van der Waals surface area contributed by atoms with Crippen molar-refractivity contribution in [1.29, 1.82) is 5.41 Å². The van der Waals surface area contributed by atoms with Gasteiger partial charge in [0.25, 0.3) is 0 Å². The third kappa shape index (κ3) is 3.95. The van der Waals surface area contributed by atoms with Crippen molar-refractivity contribution < 1.29 is 9.13 Å². The molecule has 0 saturated heterocycles. The summed E-state index contributed by atoms with van der Waals surface area (Å²) in [5, 5.41) is 8.06. The maximum Gasteiger partial charge on any atom is 0.124 e. The Hall–Kier alpha value is -2.07. The topological polar surface area (TPSA) is 59.1 Å². The van der Waals surface area contributed by atoms with Crippen LogP contribution in [0.15, 0.2) is 36.4 Å². The standard InChI is InChI=1S/C16H16ClFN2O/c1-2-11-8-14(3-4-15(11)17)21-9-10-5-12(16(19)20)7-13(18)6-10/h3-8H,2,9H2,1H3,(H3,19,20). The molecule has 0 aliphatic rings. The van der Waals surface area contributed by atoms with Crippen molar-refractivity contribution in [3.8, 4) is 5.75 Å². The average Bonchev–Trinajstić information content (AvgIpc) is 2.45. The van der Waals surface area contributed by atoms with E-state index < -0.39 is 5.82 Å². The second-order valence-corrected chi connectivity index (χ2v) is 5.06. The quantitative estimate of drug-likeness (QED) is 0.650. The summed E-state index contributed by atoms with van der Waals surface area (Å²) in [6, 6.07) is 9.65. The number of nitrogen functional groups attached to an aromatic ring is 1. The Balaban J connectivity index is 2.14. The molecule has 0 atom stereocenters. The van der Waals surface area contributed by atoms with Crippen LogP contribution >= 0.6 is 11.6 Å². The van der Waals surface area contributed by atoms with Crippen LogP contribution in [0.25, 0.3) is 0 Å². The van der Waals surface area contributed by atoms with Crippen LogP contribution < -0.4 is 10.5 Å². The first-order valence-corrected chi connectivity index (χ1v) is 6.92. The molecule has 0 spiro atoms. The largest absolute Gasteiger partial charge is 0.489 e. The first kappa shape index (κ1) is 15.3. The maximum absolute atomic E-state index is 13.5. The number of nitrogens with two attached hydrogens (primary N) is 1. The zero-order valence-electron chi connectivity index (χ0n) is 11.6. The summed E-state index contributed by atoms with van der Waals surface area (Å²) in [5.41, 5.74) is 7.34. The van der Waals surface area contributed by atoms with Crippen LogP contribution in [0.2, 0.25) is 5.02 Å². The number of hydrogen-bond donors (Lipinski definition) is 2. The maximum atomic E-state index is 13.5. The summed E-state index contributed by atoms with van der Waals surface area (Å²) >= 11 is 6.05. The van der Waals surface area contributed by atoms with Crippen molar-refractivity contribution >= 4 is 17.4 Å². The normalized spacial score (nSPS) is 10.4. The van der Waals surface area contributed by atoms with Gasteiger partial charge in [-0.05, 0) is 53.9 Å². The van der Waals surface area contributed by atoms with Gasteiger partial charge in [-0.25, -0.2) is 4.39 Å². The van der Waals surface area contributed by atoms with Gasteiger partial charge >= 0.3 is 0 Å². The lowest BCUT2D eigenvalue weighted by molar-refractivity contribution is 0.305. The smallest absolute Gasteiger partial charge is 0.124 e. The molecule has 5 heteroatoms. The van der Waals surface area contributed by atoms with E-state index in [9.17, 15) is 4.39 Å². The van der Waals surface area contributed by atoms with E-state index in [0.717, 1.165) is 12.0 Å². The van der Waals surface area contributed by atoms with Crippen LogP contribution in [0.3, 0.4) is 0 Å². The molecular weight excluding hydrogens is 291 g/mol. The molecule has 0 aliphatic carbocycles. The van der Waals surface area contributed by atoms with Crippen LogP contribution in [0, 0.1) is 11.2 Å². The van der Waals surface area contributed by atoms with E-state index in [4.69, 9.17) is 27.5 Å². The molecule has 3 nitrogen and oxygen atoms in total. The number of nitrogens with one attached hydrogen (secondary N) is 1. The van der Waals surface area contributed by atoms with Crippen molar-refractivity contribution in [2.45, 2.75) is 20.0 Å². The first-order valence-electron chi connectivity index (χ1n) is 6.54. The molecule has 0 aliphatic heterocycles. The molecular formula is C16H16ClFN2O. The summed E-state index contributed by atoms with van der Waals surface area (Å²) in [6.45, 7) is 2.21. The van der Waals surface area contributed by atoms with Crippen molar-refractivity contribution in [2.24, 2.45) is 5.73 Å². The van der Waals surface area contributed by atoms with Crippen LogP contribution in [0.1, 0.15) is 23.6 Å². The fraction of sp³-hybridized carbons (Fsp3) is 0.188. The molecule has 21 heavy (non-hydrogen) atoms. The first-order chi connectivity index (χ1) is 9.99. The molecule has 0 saturated carbocycles. The number of ether oxygens (including phenoxy) is 1. The van der Waals surface area contributed by atoms with Gasteiger partial charge in [-0.15, -0.1) is 0 Å². The highest BCUT2D eigenvalue weighted by Gasteiger charge is 2.05. The number of rotatable bonds is 5. The Bertz CT molecular complexity index is 673. The second-order valence-electron chi connectivity index (χ2n) is 4.66. The summed E-state index contributed by atoms with van der Waals surface area (Å²) in [6.07, 6.45) is 0.810. The summed E-state index contributed by atoms with van der Waals surface area (Å²) in [7, 11) is 0. The Morgan fingerprint density at radius 3 is 2.71 bits per heavy atom. The summed E-state index contributed by atoms with van der Waals surface area (Å²) in [4.78, 5) is 0. The zero-order chi connectivity index (χ0) is 15.4. The van der Waals surface area contributed by atoms with E-state index in [0.29, 0.717) is 21.9 Å². The van der Waals surface area contributed by atoms with E-state index in [1.807, 2.05) is 13.0 Å². The minimum atomic E-state index is -0.438. The van der Waals surface area contributed by atoms with Crippen molar-refractivity contribution in [2.75, 3.05) is 0 Å². The fourth-order valence-electron chi connectivity index (χ4n) is 1.97. The third-order valence-corrected chi connectivity index (χ3v) is 3.44. The Labute approximate surface area is 128 Å². The molecule has 110 valence electrons. The van der Waals surface area contributed by atoms with Gasteiger partial charge in [-0.1, -0.05) is 18.5 Å². The van der Waals surface area contributed by atoms with Gasteiger partial charge < -0.3 is 10.5 Å². The minimum Gasteiger partial charge on any atom is -0.489 e. The number of aryl methyl sites for hydroxylation is 1. The number of amidine groups is 1. The van der Waals surface area contributed by atoms with E-state index in [2.05, 4.69) is 0 Å². The van der Waals surface area contributed by atoms with Gasteiger partial charge in [0.05, 0.1) is 0 Å². The van der Waals surface area contributed by atoms with E-state index >= 15 is 0 Å². The highest BCUT2D eigenvalue weighted by atomic mass is 35.5. The lowest BCUT2D eigenvalue weighted by Gasteiger charge is -2.10. The molecule has 0 bridgehead atoms. The Morgan fingerprint density at radius 2 is 2.05 bits per heavy atom. The third-order valence-electron chi connectivity index (χ3n) is 3.07. The number of halogens is 2. The molecule has 0 radical (unpaired) electrons. The summed E-state index contributed by atoms with van der Waals surface area (Å²) < 4.78 is 19.1. The number of benzene rings is 2. The molecule has 2 aromatic rings. The highest BCUT2D eigenvalue weighted by molar-refractivity contribution is 6.31. The van der Waals surface area contributed by atoms with Crippen LogP contribution in [-0.2, 0) is 13.0 Å². The summed E-state index contributed by atoms with van der Waals surface area (Å²) in [5.74, 6) is 0.0621. The van der Waals surface area contributed by atoms with Crippen LogP contribution in [0.4, 0.5) is 4.39 Å². The van der Waals surface area contributed by atoms with Gasteiger partial charge in [0.1, 0.15) is 24.0 Å². The predicted molar refractivity (Wildman–Crippen MR) is 82.6 cm³/mol. The van der Waals surface area contributed by atoms with Gasteiger partial charge in [0.15, 0.2) is 0 Å². The highest BCUT2D eigenvalue weighted by Crippen LogP contribution is 2.23. The molecule has 2 aromatic carbocycles. The van der Waals surface area contributed by atoms with Gasteiger partial charge in [0, 0.05) is 10.6 Å². The molecule has 2 rings (SSSR count). The molecule has 0 unspecified atom stereocenters. The van der Waals surface area contributed by atoms with E-state index in [1.54, 1.807) is 18.2 Å². The van der Waals surface area contributed by atoms with Gasteiger partial charge in [0.2, 0.25) is 0 Å². The SMILES string of the molecule is CCc1cc(OCc2cc(F)cc(C(=N)N)c2)ccc1Cl.